The molecule has 0 radical (unpaired) electrons. The molecule has 2 aromatic heterocycles. The van der Waals surface area contributed by atoms with Crippen LogP contribution in [0.25, 0.3) is 0 Å². The Kier molecular flexibility index (Phi) is 4.76. The fourth-order valence-corrected chi connectivity index (χ4v) is 3.49. The second kappa shape index (κ2) is 6.81. The number of pyridine rings is 1. The van der Waals surface area contributed by atoms with Gasteiger partial charge in [-0.3, -0.25) is 4.79 Å². The van der Waals surface area contributed by atoms with Crippen LogP contribution < -0.4 is 0 Å². The van der Waals surface area contributed by atoms with Gasteiger partial charge in [-0.2, -0.15) is 0 Å². The molecule has 24 heavy (non-hydrogen) atoms. The highest BCUT2D eigenvalue weighted by molar-refractivity contribution is 7.98. The molecule has 0 aliphatic heterocycles. The third-order valence-corrected chi connectivity index (χ3v) is 4.93. The number of nitrogens with zero attached hydrogens (tertiary/aromatic N) is 2. The van der Waals surface area contributed by atoms with E-state index in [1.54, 1.807) is 18.3 Å². The summed E-state index contributed by atoms with van der Waals surface area (Å²) < 4.78 is 7.43. The summed E-state index contributed by atoms with van der Waals surface area (Å²) in [6, 6.07) is 5.75. The van der Waals surface area contributed by atoms with Crippen molar-refractivity contribution < 1.29 is 14.3 Å². The van der Waals surface area contributed by atoms with Gasteiger partial charge in [0.2, 0.25) is 5.78 Å². The van der Waals surface area contributed by atoms with Crippen LogP contribution >= 0.6 is 11.8 Å². The molecule has 1 fully saturated rings. The van der Waals surface area contributed by atoms with Crippen LogP contribution in [0.1, 0.15) is 51.0 Å². The van der Waals surface area contributed by atoms with Crippen LogP contribution in [-0.4, -0.2) is 34.2 Å². The lowest BCUT2D eigenvalue weighted by Gasteiger charge is -2.08. The molecule has 0 atom stereocenters. The minimum Gasteiger partial charge on any atom is -0.454 e. The van der Waals surface area contributed by atoms with Gasteiger partial charge in [0.1, 0.15) is 5.03 Å². The number of esters is 1. The Morgan fingerprint density at radius 3 is 2.75 bits per heavy atom. The van der Waals surface area contributed by atoms with Crippen molar-refractivity contribution in [3.05, 3.63) is 46.9 Å². The van der Waals surface area contributed by atoms with Crippen molar-refractivity contribution >= 4 is 23.5 Å². The molecule has 0 N–H and O–H groups in total. The number of aryl methyl sites for hydroxylation is 1. The molecular formula is C18H20N2O3S. The minimum atomic E-state index is -0.517. The van der Waals surface area contributed by atoms with E-state index in [0.717, 1.165) is 24.2 Å². The number of Topliss-reactive ketones (excluding diaryl/α,β-unsaturated/α-hetero) is 1. The van der Waals surface area contributed by atoms with Crippen LogP contribution in [0, 0.1) is 13.8 Å². The number of ether oxygens (including phenoxy) is 1. The molecule has 0 saturated heterocycles. The molecule has 6 heteroatoms. The summed E-state index contributed by atoms with van der Waals surface area (Å²) in [5, 5.41) is 0.599. The molecule has 126 valence electrons. The fraction of sp³-hybridized carbons (Fsp3) is 0.389. The van der Waals surface area contributed by atoms with Gasteiger partial charge in [0, 0.05) is 29.2 Å². The number of hydrogen-bond acceptors (Lipinski definition) is 5. The van der Waals surface area contributed by atoms with Crippen molar-refractivity contribution in [2.75, 3.05) is 12.9 Å². The van der Waals surface area contributed by atoms with Gasteiger partial charge in [-0.15, -0.1) is 11.8 Å². The molecule has 0 spiro atoms. The molecule has 1 saturated carbocycles. The quantitative estimate of drug-likeness (QED) is 0.455. The molecule has 0 amide bonds. The lowest BCUT2D eigenvalue weighted by Crippen LogP contribution is -2.16. The first kappa shape index (κ1) is 16.8. The summed E-state index contributed by atoms with van der Waals surface area (Å²) in [5.41, 5.74) is 3.08. The lowest BCUT2D eigenvalue weighted by molar-refractivity contribution is 0.0470. The van der Waals surface area contributed by atoms with E-state index >= 15 is 0 Å². The Bertz CT molecular complexity index is 794. The van der Waals surface area contributed by atoms with Gasteiger partial charge in [-0.1, -0.05) is 0 Å². The number of thioether (sulfide) groups is 1. The van der Waals surface area contributed by atoms with E-state index in [0.29, 0.717) is 22.2 Å². The maximum absolute atomic E-state index is 12.5. The van der Waals surface area contributed by atoms with Crippen molar-refractivity contribution in [1.82, 2.24) is 9.55 Å². The van der Waals surface area contributed by atoms with Crippen molar-refractivity contribution in [2.45, 2.75) is 37.8 Å². The highest BCUT2D eigenvalue weighted by Gasteiger charge is 2.28. The molecule has 2 aromatic rings. The Morgan fingerprint density at radius 2 is 2.08 bits per heavy atom. The van der Waals surface area contributed by atoms with Crippen LogP contribution in [0.4, 0.5) is 0 Å². The average molecular weight is 344 g/mol. The van der Waals surface area contributed by atoms with Crippen LogP contribution in [0.15, 0.2) is 29.4 Å². The second-order valence-corrected chi connectivity index (χ2v) is 6.74. The molecule has 2 heterocycles. The minimum absolute atomic E-state index is 0.169. The van der Waals surface area contributed by atoms with Gasteiger partial charge in [-0.05, 0) is 51.1 Å². The van der Waals surface area contributed by atoms with Crippen LogP contribution in [0.3, 0.4) is 0 Å². The first-order valence-electron chi connectivity index (χ1n) is 7.90. The number of ketones is 1. The van der Waals surface area contributed by atoms with Gasteiger partial charge in [0.05, 0.1) is 5.56 Å². The number of carbonyl (C=O) groups excluding carboxylic acids is 2. The van der Waals surface area contributed by atoms with Gasteiger partial charge in [0.25, 0.3) is 0 Å². The van der Waals surface area contributed by atoms with Gasteiger partial charge >= 0.3 is 5.97 Å². The molecule has 1 aliphatic carbocycles. The summed E-state index contributed by atoms with van der Waals surface area (Å²) in [7, 11) is 0. The highest BCUT2D eigenvalue weighted by Crippen LogP contribution is 2.38. The number of aromatic nitrogens is 2. The largest absolute Gasteiger partial charge is 0.454 e. The summed E-state index contributed by atoms with van der Waals surface area (Å²) in [6.07, 6.45) is 5.80. The molecule has 1 aliphatic rings. The third kappa shape index (κ3) is 3.24. The molecule has 0 bridgehead atoms. The monoisotopic (exact) mass is 344 g/mol. The van der Waals surface area contributed by atoms with E-state index in [2.05, 4.69) is 9.55 Å². The molecule has 5 nitrogen and oxygen atoms in total. The average Bonchev–Trinajstić information content (AvgIpc) is 3.37. The maximum Gasteiger partial charge on any atom is 0.341 e. The highest BCUT2D eigenvalue weighted by atomic mass is 32.2. The predicted molar refractivity (Wildman–Crippen MR) is 92.8 cm³/mol. The number of hydrogen-bond donors (Lipinski definition) is 0. The van der Waals surface area contributed by atoms with Crippen molar-refractivity contribution in [3.63, 3.8) is 0 Å². The first-order valence-corrected chi connectivity index (χ1v) is 9.13. The smallest absolute Gasteiger partial charge is 0.341 e. The van der Waals surface area contributed by atoms with E-state index in [-0.39, 0.29) is 12.4 Å². The Morgan fingerprint density at radius 1 is 1.33 bits per heavy atom. The van der Waals surface area contributed by atoms with Crippen LogP contribution in [0.2, 0.25) is 0 Å². The zero-order chi connectivity index (χ0) is 17.3. The van der Waals surface area contributed by atoms with Gasteiger partial charge < -0.3 is 9.30 Å². The van der Waals surface area contributed by atoms with Crippen LogP contribution in [0.5, 0.6) is 0 Å². The summed E-state index contributed by atoms with van der Waals surface area (Å²) >= 11 is 1.37. The summed E-state index contributed by atoms with van der Waals surface area (Å²) in [4.78, 5) is 28.8. The lowest BCUT2D eigenvalue weighted by atomic mass is 10.1. The normalized spacial score (nSPS) is 13.8. The Balaban J connectivity index is 1.70. The zero-order valence-corrected chi connectivity index (χ0v) is 14.9. The van der Waals surface area contributed by atoms with E-state index in [1.165, 1.54) is 11.8 Å². The number of carbonyl (C=O) groups is 2. The molecule has 0 unspecified atom stereocenters. The standard InChI is InChI=1S/C18H20N2O3S/c1-11-9-15(12(2)20(11)13-6-7-13)16(21)10-23-18(22)14-5-4-8-19-17(14)24-3/h4-5,8-9,13H,6-7,10H2,1-3H3. The SMILES string of the molecule is CSc1ncccc1C(=O)OCC(=O)c1cc(C)n(C2CC2)c1C. The summed E-state index contributed by atoms with van der Waals surface area (Å²) in [6.45, 7) is 3.71. The molecular weight excluding hydrogens is 324 g/mol. The van der Waals surface area contributed by atoms with Crippen molar-refractivity contribution in [2.24, 2.45) is 0 Å². The molecule has 0 aromatic carbocycles. The zero-order valence-electron chi connectivity index (χ0n) is 14.0. The Hall–Kier alpha value is -2.08. The van der Waals surface area contributed by atoms with Gasteiger partial charge in [0.15, 0.2) is 6.61 Å². The Labute approximate surface area is 145 Å². The van der Waals surface area contributed by atoms with Crippen molar-refractivity contribution in [3.8, 4) is 0 Å². The van der Waals surface area contributed by atoms with E-state index in [1.807, 2.05) is 26.2 Å². The number of rotatable bonds is 6. The van der Waals surface area contributed by atoms with Crippen LogP contribution in [-0.2, 0) is 4.74 Å². The molecule has 3 rings (SSSR count). The third-order valence-electron chi connectivity index (χ3n) is 4.22. The first-order chi connectivity index (χ1) is 11.5. The fourth-order valence-electron chi connectivity index (χ4n) is 2.95. The van der Waals surface area contributed by atoms with E-state index in [9.17, 15) is 9.59 Å². The predicted octanol–water partition coefficient (Wildman–Crippen LogP) is 3.60. The second-order valence-electron chi connectivity index (χ2n) is 5.95. The summed E-state index contributed by atoms with van der Waals surface area (Å²) in [5.74, 6) is -0.685. The maximum atomic E-state index is 12.5. The van der Waals surface area contributed by atoms with E-state index < -0.39 is 5.97 Å². The topological polar surface area (TPSA) is 61.2 Å². The van der Waals surface area contributed by atoms with Gasteiger partial charge in [-0.25, -0.2) is 9.78 Å². The van der Waals surface area contributed by atoms with E-state index in [4.69, 9.17) is 4.74 Å². The van der Waals surface area contributed by atoms with Crippen molar-refractivity contribution in [1.29, 1.82) is 0 Å².